The molecule has 0 spiro atoms. The maximum absolute atomic E-state index is 13.3. The van der Waals surface area contributed by atoms with Gasteiger partial charge in [-0.2, -0.15) is 0 Å². The van der Waals surface area contributed by atoms with Crippen LogP contribution in [0.4, 0.5) is 0 Å². The predicted molar refractivity (Wildman–Crippen MR) is 412 cm³/mol. The quantitative estimate of drug-likeness (QED) is 0.0249. The van der Waals surface area contributed by atoms with Gasteiger partial charge in [0, 0.05) is 39.3 Å². The number of rotatable bonds is 78. The Kier molecular flexibility index (Phi) is 68.4. The zero-order chi connectivity index (χ0) is 71.3. The Morgan fingerprint density at radius 2 is 0.459 bits per heavy atom. The number of aliphatic hydroxyl groups excluding tert-OH is 4. The Morgan fingerprint density at radius 3 is 0.633 bits per heavy atom. The highest BCUT2D eigenvalue weighted by atomic mass is 16.5. The maximum Gasteiger partial charge on any atom is 0.308 e. The number of unbranched alkanes of at least 4 members (excludes halogenated alkanes) is 52. The first-order valence-electron chi connectivity index (χ1n) is 43.0. The fourth-order valence-corrected chi connectivity index (χ4v) is 14.4. The van der Waals surface area contributed by atoms with E-state index in [4.69, 9.17) is 9.47 Å². The van der Waals surface area contributed by atoms with Crippen LogP contribution >= 0.6 is 0 Å². The number of hydrogen-bond acceptors (Lipinski definition) is 12. The van der Waals surface area contributed by atoms with Gasteiger partial charge in [0.1, 0.15) is 25.3 Å². The van der Waals surface area contributed by atoms with Crippen molar-refractivity contribution in [3.05, 3.63) is 0 Å². The van der Waals surface area contributed by atoms with Crippen molar-refractivity contribution in [1.29, 1.82) is 0 Å². The summed E-state index contributed by atoms with van der Waals surface area (Å²) in [6, 6.07) is -2.34. The zero-order valence-corrected chi connectivity index (χ0v) is 65.1. The summed E-state index contributed by atoms with van der Waals surface area (Å²) < 4.78 is 11.3. The number of hydrogen-bond donors (Lipinski definition) is 6. The summed E-state index contributed by atoms with van der Waals surface area (Å²) in [5.74, 6) is -2.50. The van der Waals surface area contributed by atoms with E-state index in [-0.39, 0.29) is 26.1 Å². The van der Waals surface area contributed by atoms with Crippen LogP contribution in [0.5, 0.6) is 0 Å². The van der Waals surface area contributed by atoms with Gasteiger partial charge < -0.3 is 40.5 Å². The lowest BCUT2D eigenvalue weighted by Crippen LogP contribution is -2.62. The average Bonchev–Trinajstić information content (AvgIpc) is 0.873. The number of carbonyl (C=O) groups excluding carboxylic acids is 4. The lowest BCUT2D eigenvalue weighted by Gasteiger charge is -2.29. The molecule has 580 valence electrons. The second kappa shape index (κ2) is 71.6. The first-order valence-corrected chi connectivity index (χ1v) is 43.0. The highest BCUT2D eigenvalue weighted by Gasteiger charge is 2.37. The Morgan fingerprint density at radius 1 is 0.296 bits per heavy atom. The highest BCUT2D eigenvalue weighted by molar-refractivity contribution is 6.00. The fraction of sp³-hybridized carbons (Fsp3) is 0.952. The third-order valence-corrected chi connectivity index (χ3v) is 20.8. The number of nitrogens with zero attached hydrogens (tertiary/aromatic N) is 2. The number of ether oxygens (including phenoxy) is 2. The van der Waals surface area contributed by atoms with Crippen molar-refractivity contribution in [3.63, 3.8) is 0 Å². The molecule has 98 heavy (non-hydrogen) atoms. The molecule has 6 N–H and O–H groups in total. The first kappa shape index (κ1) is 93.7. The standard InChI is InChI=1S/C84H164N4O10/c1-5-9-13-17-21-25-29-33-37-41-45-49-53-57-61-75(89)71-87(72-76(90)62-58-54-50-46-42-38-34-30-26-22-18-14-10-6-2)65-67-97-81(93)69-79-83(95)86-80(84(96)85-79)70-82(94)98-68-66-88(73-77(91)63-59-55-51-47-43-39-35-31-27-23-19-15-11-7-3)74-78(92)64-60-56-52-48-44-40-36-32-28-24-20-16-12-8-4/h75-80,89-92H,5-74H2,1-4H3,(H,85,96)(H,86,95). The highest BCUT2D eigenvalue weighted by Crippen LogP contribution is 2.21. The normalized spacial score (nSPS) is 15.4. The van der Waals surface area contributed by atoms with E-state index in [1.54, 1.807) is 0 Å². The number of nitrogens with one attached hydrogen (secondary N) is 2. The molecule has 1 fully saturated rings. The molecule has 2 amide bonds. The smallest absolute Gasteiger partial charge is 0.308 e. The topological polar surface area (TPSA) is 198 Å². The average molecular weight is 1390 g/mol. The molecule has 14 heteroatoms. The van der Waals surface area contributed by atoms with Gasteiger partial charge in [-0.1, -0.05) is 387 Å². The molecule has 0 saturated carbocycles. The minimum Gasteiger partial charge on any atom is -0.464 e. The molecule has 6 unspecified atom stereocenters. The number of carbonyl (C=O) groups is 4. The monoisotopic (exact) mass is 1390 g/mol. The van der Waals surface area contributed by atoms with Crippen LogP contribution in [0.3, 0.4) is 0 Å². The van der Waals surface area contributed by atoms with Crippen LogP contribution in [0.25, 0.3) is 0 Å². The van der Waals surface area contributed by atoms with Gasteiger partial charge in [-0.25, -0.2) is 0 Å². The van der Waals surface area contributed by atoms with Crippen molar-refractivity contribution < 1.29 is 49.1 Å². The summed E-state index contributed by atoms with van der Waals surface area (Å²) in [5.41, 5.74) is 0. The van der Waals surface area contributed by atoms with Crippen molar-refractivity contribution >= 4 is 23.8 Å². The van der Waals surface area contributed by atoms with Gasteiger partial charge in [-0.15, -0.1) is 0 Å². The number of piperazine rings is 1. The van der Waals surface area contributed by atoms with Crippen LogP contribution in [0.1, 0.15) is 426 Å². The van der Waals surface area contributed by atoms with Gasteiger partial charge in [0.15, 0.2) is 0 Å². The van der Waals surface area contributed by atoms with E-state index in [1.807, 2.05) is 9.80 Å². The molecule has 14 nitrogen and oxygen atoms in total. The summed E-state index contributed by atoms with van der Waals surface area (Å²) in [6.07, 6.45) is 71.0. The van der Waals surface area contributed by atoms with E-state index < -0.39 is 60.3 Å². The van der Waals surface area contributed by atoms with Crippen LogP contribution in [0, 0.1) is 0 Å². The Bertz CT molecular complexity index is 1540. The van der Waals surface area contributed by atoms with Crippen LogP contribution in [-0.4, -0.2) is 143 Å². The molecule has 1 aliphatic heterocycles. The van der Waals surface area contributed by atoms with E-state index >= 15 is 0 Å². The molecular formula is C84H164N4O10. The van der Waals surface area contributed by atoms with Crippen molar-refractivity contribution in [2.75, 3.05) is 52.5 Å². The molecule has 0 aromatic carbocycles. The SMILES string of the molecule is CCCCCCCCCCCCCCCCC(O)CN(CCOC(=O)CC1NC(=O)C(CC(=O)OCCN(CC(O)CCCCCCCCCCCCCCCC)CC(O)CCCCCCCCCCCCCCCC)NC1=O)CC(O)CCCCCCCCCCCCCCCC. The molecule has 0 radical (unpaired) electrons. The molecule has 0 aliphatic carbocycles. The van der Waals surface area contributed by atoms with Gasteiger partial charge >= 0.3 is 11.9 Å². The van der Waals surface area contributed by atoms with Crippen molar-refractivity contribution in [2.45, 2.75) is 462 Å². The Labute approximate surface area is 605 Å². The van der Waals surface area contributed by atoms with Crippen LogP contribution in [-0.2, 0) is 28.7 Å². The van der Waals surface area contributed by atoms with E-state index in [2.05, 4.69) is 38.3 Å². The number of aliphatic hydroxyl groups is 4. The number of amides is 2. The first-order chi connectivity index (χ1) is 47.9. The Balaban J connectivity index is 2.67. The van der Waals surface area contributed by atoms with Crippen LogP contribution in [0.2, 0.25) is 0 Å². The zero-order valence-electron chi connectivity index (χ0n) is 65.1. The fourth-order valence-electron chi connectivity index (χ4n) is 14.4. The lowest BCUT2D eigenvalue weighted by molar-refractivity contribution is -0.151. The van der Waals surface area contributed by atoms with E-state index in [1.165, 1.54) is 308 Å². The van der Waals surface area contributed by atoms with Crippen molar-refractivity contribution in [3.8, 4) is 0 Å². The molecule has 1 heterocycles. The third-order valence-electron chi connectivity index (χ3n) is 20.8. The van der Waals surface area contributed by atoms with Crippen molar-refractivity contribution in [2.24, 2.45) is 0 Å². The van der Waals surface area contributed by atoms with Gasteiger partial charge in [0.25, 0.3) is 0 Å². The summed E-state index contributed by atoms with van der Waals surface area (Å²) >= 11 is 0. The second-order valence-corrected chi connectivity index (χ2v) is 30.6. The third kappa shape index (κ3) is 62.2. The summed E-state index contributed by atoms with van der Waals surface area (Å²) in [6.45, 7) is 11.1. The van der Waals surface area contributed by atoms with E-state index in [0.29, 0.717) is 65.0 Å². The molecule has 1 saturated heterocycles. The summed E-state index contributed by atoms with van der Waals surface area (Å²) in [5, 5.41) is 50.1. The second-order valence-electron chi connectivity index (χ2n) is 30.6. The van der Waals surface area contributed by atoms with Gasteiger partial charge in [-0.05, 0) is 25.7 Å². The van der Waals surface area contributed by atoms with Gasteiger partial charge in [0.2, 0.25) is 11.8 Å². The van der Waals surface area contributed by atoms with Crippen LogP contribution < -0.4 is 10.6 Å². The lowest BCUT2D eigenvalue weighted by atomic mass is 10.0. The summed E-state index contributed by atoms with van der Waals surface area (Å²) in [4.78, 5) is 57.0. The van der Waals surface area contributed by atoms with E-state index in [9.17, 15) is 39.6 Å². The van der Waals surface area contributed by atoms with E-state index in [0.717, 1.165) is 51.4 Å². The summed E-state index contributed by atoms with van der Waals surface area (Å²) in [7, 11) is 0. The molecule has 0 aromatic rings. The minimum absolute atomic E-state index is 0.00110. The number of esters is 2. The van der Waals surface area contributed by atoms with Gasteiger partial charge in [-0.3, -0.25) is 29.0 Å². The van der Waals surface area contributed by atoms with Gasteiger partial charge in [0.05, 0.1) is 37.3 Å². The molecule has 6 atom stereocenters. The molecule has 1 rings (SSSR count). The maximum atomic E-state index is 13.3. The Hall–Kier alpha value is -2.36. The van der Waals surface area contributed by atoms with Crippen molar-refractivity contribution in [1.82, 2.24) is 20.4 Å². The predicted octanol–water partition coefficient (Wildman–Crippen LogP) is 20.4. The van der Waals surface area contributed by atoms with Crippen LogP contribution in [0.15, 0.2) is 0 Å². The molecule has 0 aromatic heterocycles. The largest absolute Gasteiger partial charge is 0.464 e. The molecule has 1 aliphatic rings. The molecular weight excluding hydrogens is 1220 g/mol. The minimum atomic E-state index is -1.17. The molecule has 0 bridgehead atoms.